The molecule has 0 aromatic heterocycles. The van der Waals surface area contributed by atoms with Crippen LogP contribution in [-0.2, 0) is 14.3 Å². The molecule has 0 bridgehead atoms. The highest BCUT2D eigenvalue weighted by Crippen LogP contribution is 2.36. The first-order valence-corrected chi connectivity index (χ1v) is 9.84. The number of ether oxygens (including phenoxy) is 3. The highest BCUT2D eigenvalue weighted by Gasteiger charge is 2.36. The van der Waals surface area contributed by atoms with Crippen LogP contribution >= 0.6 is 0 Å². The van der Waals surface area contributed by atoms with Gasteiger partial charge in [0.25, 0.3) is 0 Å². The van der Waals surface area contributed by atoms with E-state index in [0.717, 1.165) is 0 Å². The van der Waals surface area contributed by atoms with Gasteiger partial charge in [0.05, 0.1) is 23.8 Å². The van der Waals surface area contributed by atoms with Crippen LogP contribution in [0.5, 0.6) is 11.5 Å². The quantitative estimate of drug-likeness (QED) is 0.762. The van der Waals surface area contributed by atoms with Crippen LogP contribution in [0, 0.1) is 5.92 Å². The van der Waals surface area contributed by atoms with Crippen molar-refractivity contribution in [1.82, 2.24) is 0 Å². The molecule has 0 spiro atoms. The van der Waals surface area contributed by atoms with Crippen LogP contribution in [-0.4, -0.2) is 44.1 Å². The molecule has 0 saturated carbocycles. The van der Waals surface area contributed by atoms with Crippen LogP contribution in [0.4, 0.5) is 11.4 Å². The van der Waals surface area contributed by atoms with Crippen molar-refractivity contribution in [3.8, 4) is 11.5 Å². The number of amides is 2. The van der Waals surface area contributed by atoms with E-state index in [1.54, 1.807) is 54.3 Å². The van der Waals surface area contributed by atoms with Gasteiger partial charge in [-0.2, -0.15) is 0 Å². The van der Waals surface area contributed by atoms with Crippen LogP contribution in [0.3, 0.4) is 0 Å². The molecule has 156 valence electrons. The predicted molar refractivity (Wildman–Crippen MR) is 109 cm³/mol. The Labute approximate surface area is 173 Å². The van der Waals surface area contributed by atoms with E-state index in [9.17, 15) is 14.4 Å². The molecule has 8 nitrogen and oxygen atoms in total. The number of para-hydroxylation sites is 1. The van der Waals surface area contributed by atoms with Crippen LogP contribution < -0.4 is 19.7 Å². The van der Waals surface area contributed by atoms with Gasteiger partial charge in [-0.05, 0) is 31.2 Å². The van der Waals surface area contributed by atoms with E-state index < -0.39 is 11.9 Å². The molecule has 0 unspecified atom stereocenters. The lowest BCUT2D eigenvalue weighted by atomic mass is 10.1. The number of rotatable bonds is 5. The fourth-order valence-electron chi connectivity index (χ4n) is 3.55. The van der Waals surface area contributed by atoms with Crippen molar-refractivity contribution in [1.29, 1.82) is 0 Å². The molecule has 1 fully saturated rings. The second-order valence-corrected chi connectivity index (χ2v) is 6.99. The van der Waals surface area contributed by atoms with Crippen molar-refractivity contribution in [2.45, 2.75) is 13.3 Å². The third kappa shape index (κ3) is 3.94. The van der Waals surface area contributed by atoms with E-state index in [1.165, 1.54) is 0 Å². The van der Waals surface area contributed by atoms with Crippen molar-refractivity contribution < 1.29 is 28.6 Å². The lowest BCUT2D eigenvalue weighted by molar-refractivity contribution is -0.122. The lowest BCUT2D eigenvalue weighted by Gasteiger charge is -2.22. The minimum Gasteiger partial charge on any atom is -0.486 e. The molecule has 0 aliphatic carbocycles. The Morgan fingerprint density at radius 2 is 1.90 bits per heavy atom. The average molecular weight is 410 g/mol. The summed E-state index contributed by atoms with van der Waals surface area (Å²) in [4.78, 5) is 39.1. The number of anilines is 2. The summed E-state index contributed by atoms with van der Waals surface area (Å²) in [5.41, 5.74) is 1.30. The largest absolute Gasteiger partial charge is 0.486 e. The van der Waals surface area contributed by atoms with E-state index in [0.29, 0.717) is 36.1 Å². The third-order valence-electron chi connectivity index (χ3n) is 5.01. The van der Waals surface area contributed by atoms with Crippen molar-refractivity contribution in [2.75, 3.05) is 36.6 Å². The van der Waals surface area contributed by atoms with Crippen LogP contribution in [0.15, 0.2) is 42.5 Å². The number of fused-ring (bicyclic) bond motifs is 1. The summed E-state index contributed by atoms with van der Waals surface area (Å²) in [6.07, 6.45) is 0.0852. The van der Waals surface area contributed by atoms with Gasteiger partial charge in [-0.3, -0.25) is 9.59 Å². The number of nitrogens with zero attached hydrogens (tertiary/aromatic N) is 1. The molecular weight excluding hydrogens is 388 g/mol. The molecule has 2 aliphatic rings. The van der Waals surface area contributed by atoms with Crippen LogP contribution in [0.1, 0.15) is 23.7 Å². The topological polar surface area (TPSA) is 94.2 Å². The van der Waals surface area contributed by atoms with Gasteiger partial charge in [0.15, 0.2) is 11.5 Å². The molecule has 2 heterocycles. The van der Waals surface area contributed by atoms with Gasteiger partial charge in [0, 0.05) is 24.7 Å². The summed E-state index contributed by atoms with van der Waals surface area (Å²) in [6.45, 7) is 3.14. The van der Waals surface area contributed by atoms with Gasteiger partial charge >= 0.3 is 5.97 Å². The zero-order chi connectivity index (χ0) is 21.1. The van der Waals surface area contributed by atoms with Gasteiger partial charge in [-0.1, -0.05) is 12.1 Å². The molecule has 0 radical (unpaired) electrons. The Balaban J connectivity index is 1.47. The minimum atomic E-state index is -0.541. The maximum atomic E-state index is 12.8. The van der Waals surface area contributed by atoms with Gasteiger partial charge in [0.2, 0.25) is 11.8 Å². The number of carbonyl (C=O) groups is 3. The first kappa shape index (κ1) is 19.8. The smallest absolute Gasteiger partial charge is 0.340 e. The first-order valence-electron chi connectivity index (χ1n) is 9.84. The monoisotopic (exact) mass is 410 g/mol. The molecule has 4 rings (SSSR count). The molecule has 2 aromatic carbocycles. The number of benzene rings is 2. The Bertz CT molecular complexity index is 989. The Kier molecular flexibility index (Phi) is 5.56. The third-order valence-corrected chi connectivity index (χ3v) is 5.01. The van der Waals surface area contributed by atoms with Gasteiger partial charge in [-0.15, -0.1) is 0 Å². The van der Waals surface area contributed by atoms with Crippen molar-refractivity contribution in [3.63, 3.8) is 0 Å². The maximum Gasteiger partial charge on any atom is 0.340 e. The average Bonchev–Trinajstić information content (AvgIpc) is 3.16. The SMILES string of the molecule is CCOC(=O)c1ccccc1NC(=O)[C@H]1CC(=O)N(c2ccc3c(c2)OCCO3)C1. The highest BCUT2D eigenvalue weighted by atomic mass is 16.6. The second kappa shape index (κ2) is 8.44. The van der Waals surface area contributed by atoms with E-state index in [-0.39, 0.29) is 37.0 Å². The second-order valence-electron chi connectivity index (χ2n) is 6.99. The number of hydrogen-bond acceptors (Lipinski definition) is 6. The van der Waals surface area contributed by atoms with Gasteiger partial charge < -0.3 is 24.4 Å². The molecule has 1 saturated heterocycles. The van der Waals surface area contributed by atoms with Crippen molar-refractivity contribution >= 4 is 29.2 Å². The molecule has 2 aliphatic heterocycles. The van der Waals surface area contributed by atoms with E-state index >= 15 is 0 Å². The Morgan fingerprint density at radius 3 is 2.70 bits per heavy atom. The summed E-state index contributed by atoms with van der Waals surface area (Å²) >= 11 is 0. The summed E-state index contributed by atoms with van der Waals surface area (Å²) in [6, 6.07) is 11.9. The van der Waals surface area contributed by atoms with Crippen LogP contribution in [0.25, 0.3) is 0 Å². The number of esters is 1. The van der Waals surface area contributed by atoms with E-state index in [4.69, 9.17) is 14.2 Å². The fourth-order valence-corrected chi connectivity index (χ4v) is 3.55. The number of carbonyl (C=O) groups excluding carboxylic acids is 3. The lowest BCUT2D eigenvalue weighted by Crippen LogP contribution is -2.28. The van der Waals surface area contributed by atoms with Crippen molar-refractivity contribution in [3.05, 3.63) is 48.0 Å². The highest BCUT2D eigenvalue weighted by molar-refractivity contribution is 6.06. The van der Waals surface area contributed by atoms with Gasteiger partial charge in [-0.25, -0.2) is 4.79 Å². The number of hydrogen-bond donors (Lipinski definition) is 1. The van der Waals surface area contributed by atoms with Gasteiger partial charge in [0.1, 0.15) is 13.2 Å². The zero-order valence-corrected chi connectivity index (χ0v) is 16.6. The summed E-state index contributed by atoms with van der Waals surface area (Å²) in [5, 5.41) is 2.77. The molecule has 1 N–H and O–H groups in total. The minimum absolute atomic E-state index is 0.0852. The van der Waals surface area contributed by atoms with Crippen LogP contribution in [0.2, 0.25) is 0 Å². The summed E-state index contributed by atoms with van der Waals surface area (Å²) in [5.74, 6) is -0.287. The fraction of sp³-hybridized carbons (Fsp3) is 0.318. The Hall–Kier alpha value is -3.55. The molecule has 1 atom stereocenters. The molecule has 2 amide bonds. The predicted octanol–water partition coefficient (Wildman–Crippen LogP) is 2.63. The number of nitrogens with one attached hydrogen (secondary N) is 1. The first-order chi connectivity index (χ1) is 14.6. The van der Waals surface area contributed by atoms with E-state index in [1.807, 2.05) is 0 Å². The zero-order valence-electron chi connectivity index (χ0n) is 16.6. The molecular formula is C22H22N2O6. The Morgan fingerprint density at radius 1 is 1.13 bits per heavy atom. The molecule has 30 heavy (non-hydrogen) atoms. The van der Waals surface area contributed by atoms with E-state index in [2.05, 4.69) is 5.32 Å². The summed E-state index contributed by atoms with van der Waals surface area (Å²) < 4.78 is 16.1. The normalized spacial score (nSPS) is 17.6. The summed E-state index contributed by atoms with van der Waals surface area (Å²) in [7, 11) is 0. The standard InChI is InChI=1S/C22H22N2O6/c1-2-28-22(27)16-5-3-4-6-17(16)23-21(26)14-11-20(25)24(13-14)15-7-8-18-19(12-15)30-10-9-29-18/h3-8,12,14H,2,9-11,13H2,1H3,(H,23,26)/t14-/m0/s1. The molecule has 8 heteroatoms. The molecule has 2 aromatic rings. The maximum absolute atomic E-state index is 12.8. The van der Waals surface area contributed by atoms with Crippen molar-refractivity contribution in [2.24, 2.45) is 5.92 Å².